The second-order valence-electron chi connectivity index (χ2n) is 5.59. The van der Waals surface area contributed by atoms with E-state index in [1.807, 2.05) is 0 Å². The predicted octanol–water partition coefficient (Wildman–Crippen LogP) is -3.54. The standard InChI is InChI=1S/C15H13N3O8S.Na/c1-7(19)25-5-8-6-27-14-11(13(20)17(14)12(8)15(21)22)16-4-9-2-3-10(26-9)18(23)24;/h2-4,11,14H,5-6H2,1H3,(H,21,22);/q;+1/p-1/t11-,14-;/m1./s1. The molecule has 0 spiro atoms. The molecule has 0 radical (unpaired) electrons. The zero-order chi connectivity index (χ0) is 19.7. The minimum atomic E-state index is -1.54. The molecule has 0 saturated carbocycles. The number of hydrogen-bond donors (Lipinski definition) is 0. The summed E-state index contributed by atoms with van der Waals surface area (Å²) in [6.07, 6.45) is 1.18. The molecular formula is C15H12N3NaO8S. The number of amides is 1. The zero-order valence-electron chi connectivity index (χ0n) is 14.8. The van der Waals surface area contributed by atoms with Crippen LogP contribution in [0, 0.1) is 10.1 Å². The van der Waals surface area contributed by atoms with E-state index in [9.17, 15) is 29.6 Å². The number of furan rings is 1. The minimum absolute atomic E-state index is 0. The van der Waals surface area contributed by atoms with Crippen LogP contribution >= 0.6 is 11.8 Å². The molecule has 3 heterocycles. The Balaban J connectivity index is 0.00000280. The van der Waals surface area contributed by atoms with Gasteiger partial charge in [0.1, 0.15) is 16.9 Å². The van der Waals surface area contributed by atoms with Gasteiger partial charge in [-0.15, -0.1) is 11.8 Å². The molecule has 0 unspecified atom stereocenters. The number of fused-ring (bicyclic) bond motifs is 1. The van der Waals surface area contributed by atoms with Crippen molar-refractivity contribution in [3.05, 3.63) is 39.3 Å². The zero-order valence-corrected chi connectivity index (χ0v) is 17.6. The van der Waals surface area contributed by atoms with Gasteiger partial charge in [-0.3, -0.25) is 29.6 Å². The molecule has 3 rings (SSSR count). The van der Waals surface area contributed by atoms with Gasteiger partial charge in [-0.1, -0.05) is 0 Å². The third-order valence-electron chi connectivity index (χ3n) is 3.82. The van der Waals surface area contributed by atoms with Gasteiger partial charge >= 0.3 is 41.4 Å². The maximum atomic E-state index is 12.4. The summed E-state index contributed by atoms with van der Waals surface area (Å²) in [5.74, 6) is -2.81. The van der Waals surface area contributed by atoms with Crippen LogP contribution in [0.1, 0.15) is 12.7 Å². The molecule has 0 aromatic carbocycles. The van der Waals surface area contributed by atoms with Crippen molar-refractivity contribution < 1.29 is 63.1 Å². The average Bonchev–Trinajstić information content (AvgIpc) is 3.08. The number of thioether (sulfide) groups is 1. The third kappa shape index (κ3) is 4.29. The first-order valence-electron chi connectivity index (χ1n) is 7.58. The summed E-state index contributed by atoms with van der Waals surface area (Å²) in [6, 6.07) is 1.63. The molecule has 2 atom stereocenters. The summed E-state index contributed by atoms with van der Waals surface area (Å²) >= 11 is 1.26. The van der Waals surface area contributed by atoms with Crippen molar-refractivity contribution in [1.82, 2.24) is 4.90 Å². The molecule has 1 aromatic heterocycles. The van der Waals surface area contributed by atoms with Gasteiger partial charge in [0.15, 0.2) is 11.8 Å². The number of esters is 1. The Bertz CT molecular complexity index is 896. The molecule has 13 heteroatoms. The smallest absolute Gasteiger partial charge is 0.543 e. The quantitative estimate of drug-likeness (QED) is 0.114. The number of nitro groups is 1. The van der Waals surface area contributed by atoms with Crippen LogP contribution < -0.4 is 34.7 Å². The Labute approximate surface area is 184 Å². The molecule has 0 N–H and O–H groups in total. The van der Waals surface area contributed by atoms with Gasteiger partial charge in [-0.2, -0.15) is 0 Å². The Hall–Kier alpha value is -2.15. The van der Waals surface area contributed by atoms with E-state index in [0.29, 0.717) is 0 Å². The topological polar surface area (TPSA) is 155 Å². The normalized spacial score (nSPS) is 21.0. The number of ether oxygens (including phenoxy) is 1. The van der Waals surface area contributed by atoms with Crippen molar-refractivity contribution in [1.29, 1.82) is 0 Å². The molecule has 2 aliphatic rings. The summed E-state index contributed by atoms with van der Waals surface area (Å²) in [6.45, 7) is 0.947. The molecule has 0 bridgehead atoms. The number of rotatable bonds is 6. The fraction of sp³-hybridized carbons (Fsp3) is 0.333. The molecule has 1 fully saturated rings. The van der Waals surface area contributed by atoms with Crippen LogP contribution in [0.2, 0.25) is 0 Å². The van der Waals surface area contributed by atoms with Gasteiger partial charge in [0, 0.05) is 18.2 Å². The molecule has 0 aliphatic carbocycles. The van der Waals surface area contributed by atoms with Gasteiger partial charge < -0.3 is 19.1 Å². The Morgan fingerprint density at radius 2 is 2.21 bits per heavy atom. The van der Waals surface area contributed by atoms with Crippen molar-refractivity contribution >= 4 is 41.7 Å². The molecular weight excluding hydrogens is 405 g/mol. The Morgan fingerprint density at radius 3 is 2.79 bits per heavy atom. The van der Waals surface area contributed by atoms with E-state index in [-0.39, 0.29) is 58.9 Å². The van der Waals surface area contributed by atoms with Crippen LogP contribution in [-0.4, -0.2) is 57.7 Å². The number of hydrogen-bond acceptors (Lipinski definition) is 10. The minimum Gasteiger partial charge on any atom is -0.543 e. The second kappa shape index (κ2) is 8.90. The molecule has 142 valence electrons. The number of carboxylic acid groups (broad SMARTS) is 1. The van der Waals surface area contributed by atoms with E-state index < -0.39 is 40.1 Å². The number of nitrogens with zero attached hydrogens (tertiary/aromatic N) is 3. The summed E-state index contributed by atoms with van der Waals surface area (Å²) in [7, 11) is 0. The summed E-state index contributed by atoms with van der Waals surface area (Å²) in [5.41, 5.74) is -0.0472. The van der Waals surface area contributed by atoms with E-state index in [0.717, 1.165) is 11.0 Å². The molecule has 1 aromatic rings. The van der Waals surface area contributed by atoms with E-state index in [1.165, 1.54) is 31.0 Å². The predicted molar refractivity (Wildman–Crippen MR) is 88.5 cm³/mol. The van der Waals surface area contributed by atoms with E-state index >= 15 is 0 Å². The van der Waals surface area contributed by atoms with Crippen LogP contribution in [-0.2, 0) is 19.1 Å². The molecule has 28 heavy (non-hydrogen) atoms. The van der Waals surface area contributed by atoms with Crippen molar-refractivity contribution in [2.75, 3.05) is 12.4 Å². The van der Waals surface area contributed by atoms with Crippen molar-refractivity contribution in [2.24, 2.45) is 4.99 Å². The first-order chi connectivity index (χ1) is 12.8. The molecule has 1 saturated heterocycles. The number of aliphatic carboxylic acids is 1. The number of aliphatic imine (C=N–C) groups is 1. The van der Waals surface area contributed by atoms with E-state index in [4.69, 9.17) is 9.15 Å². The summed E-state index contributed by atoms with van der Waals surface area (Å²) < 4.78 is 9.75. The van der Waals surface area contributed by atoms with Gasteiger partial charge in [0.2, 0.25) is 0 Å². The van der Waals surface area contributed by atoms with E-state index in [1.54, 1.807) is 0 Å². The van der Waals surface area contributed by atoms with Crippen LogP contribution in [0.4, 0.5) is 5.88 Å². The fourth-order valence-corrected chi connectivity index (χ4v) is 3.94. The molecule has 11 nitrogen and oxygen atoms in total. The van der Waals surface area contributed by atoms with Crippen molar-refractivity contribution in [3.63, 3.8) is 0 Å². The Kier molecular flexibility index (Phi) is 7.04. The fourth-order valence-electron chi connectivity index (χ4n) is 2.62. The first-order valence-corrected chi connectivity index (χ1v) is 8.63. The SMILES string of the molecule is CC(=O)OCC1=C(C(=O)[O-])N2C(=O)[C@@H](N=Cc3ccc([N+](=O)[O-])o3)[C@H]2SC1.[Na+]. The summed E-state index contributed by atoms with van der Waals surface area (Å²) in [5, 5.41) is 21.5. The first kappa shape index (κ1) is 22.1. The van der Waals surface area contributed by atoms with Crippen LogP contribution in [0.15, 0.2) is 32.8 Å². The number of carbonyl (C=O) groups is 3. The third-order valence-corrected chi connectivity index (χ3v) is 5.14. The van der Waals surface area contributed by atoms with Crippen molar-refractivity contribution in [3.8, 4) is 0 Å². The monoisotopic (exact) mass is 417 g/mol. The number of carboxylic acids is 1. The second-order valence-corrected chi connectivity index (χ2v) is 6.69. The van der Waals surface area contributed by atoms with Gasteiger partial charge in [0.05, 0.1) is 23.9 Å². The number of β-lactam (4-membered cyclic amide) rings is 1. The van der Waals surface area contributed by atoms with Gasteiger partial charge in [-0.05, 0) is 6.07 Å². The van der Waals surface area contributed by atoms with Crippen molar-refractivity contribution in [2.45, 2.75) is 18.3 Å². The molecule has 2 aliphatic heterocycles. The average molecular weight is 417 g/mol. The Morgan fingerprint density at radius 1 is 1.50 bits per heavy atom. The van der Waals surface area contributed by atoms with Gasteiger partial charge in [-0.25, -0.2) is 0 Å². The maximum absolute atomic E-state index is 12.4. The van der Waals surface area contributed by atoms with E-state index in [2.05, 4.69) is 4.99 Å². The molecule has 1 amide bonds. The summed E-state index contributed by atoms with van der Waals surface area (Å²) in [4.78, 5) is 49.8. The van der Waals surface area contributed by atoms with Crippen LogP contribution in [0.25, 0.3) is 0 Å². The van der Waals surface area contributed by atoms with Gasteiger partial charge in [0.25, 0.3) is 5.91 Å². The van der Waals surface area contributed by atoms with Crippen LogP contribution in [0.3, 0.4) is 0 Å². The number of carbonyl (C=O) groups excluding carboxylic acids is 3. The largest absolute Gasteiger partial charge is 1.00 e. The maximum Gasteiger partial charge on any atom is 1.00 e. The van der Waals surface area contributed by atoms with Crippen LogP contribution in [0.5, 0.6) is 0 Å².